The molecule has 2 aliphatic rings. The van der Waals surface area contributed by atoms with E-state index < -0.39 is 0 Å². The highest BCUT2D eigenvalue weighted by Crippen LogP contribution is 2.19. The van der Waals surface area contributed by atoms with Crippen molar-refractivity contribution in [1.29, 1.82) is 0 Å². The summed E-state index contributed by atoms with van der Waals surface area (Å²) < 4.78 is 5.27. The number of amides is 2. The average molecular weight is 394 g/mol. The first-order chi connectivity index (χ1) is 14.1. The largest absolute Gasteiger partial charge is 0.360 e. The minimum atomic E-state index is -0.0301. The molecule has 4 rings (SSSR count). The van der Waals surface area contributed by atoms with Gasteiger partial charge in [-0.1, -0.05) is 17.3 Å². The third-order valence-corrected chi connectivity index (χ3v) is 5.24. The molecule has 1 saturated heterocycles. The Labute approximate surface area is 170 Å². The Morgan fingerprint density at radius 3 is 2.52 bits per heavy atom. The van der Waals surface area contributed by atoms with Crippen molar-refractivity contribution in [2.24, 2.45) is 0 Å². The molecule has 0 bridgehead atoms. The van der Waals surface area contributed by atoms with Crippen molar-refractivity contribution in [2.45, 2.75) is 32.4 Å². The SMILES string of the molecule is Cc1cc(CN2CCN(C(=O)/C=C/c3ccc(C(=O)NC4CC4)cc3)CC2)on1. The lowest BCUT2D eigenvalue weighted by atomic mass is 10.1. The van der Waals surface area contributed by atoms with Crippen LogP contribution < -0.4 is 5.32 Å². The van der Waals surface area contributed by atoms with E-state index in [0.717, 1.165) is 49.5 Å². The first-order valence-corrected chi connectivity index (χ1v) is 10.1. The van der Waals surface area contributed by atoms with Gasteiger partial charge in [0.1, 0.15) is 0 Å². The minimum absolute atomic E-state index is 0.00992. The summed E-state index contributed by atoms with van der Waals surface area (Å²) in [5, 5.41) is 6.88. The number of nitrogens with one attached hydrogen (secondary N) is 1. The van der Waals surface area contributed by atoms with Gasteiger partial charge in [-0.15, -0.1) is 0 Å². The highest BCUT2D eigenvalue weighted by Gasteiger charge is 2.23. The number of rotatable bonds is 6. The lowest BCUT2D eigenvalue weighted by Crippen LogP contribution is -2.47. The van der Waals surface area contributed by atoms with Crippen molar-refractivity contribution in [2.75, 3.05) is 26.2 Å². The van der Waals surface area contributed by atoms with Crippen LogP contribution in [-0.4, -0.2) is 59.0 Å². The van der Waals surface area contributed by atoms with E-state index in [2.05, 4.69) is 15.4 Å². The lowest BCUT2D eigenvalue weighted by molar-refractivity contribution is -0.127. The van der Waals surface area contributed by atoms with Crippen LogP contribution in [0.2, 0.25) is 0 Å². The van der Waals surface area contributed by atoms with Gasteiger partial charge in [-0.3, -0.25) is 14.5 Å². The maximum atomic E-state index is 12.5. The maximum absolute atomic E-state index is 12.5. The molecule has 0 radical (unpaired) electrons. The summed E-state index contributed by atoms with van der Waals surface area (Å²) in [6, 6.07) is 9.62. The van der Waals surface area contributed by atoms with Gasteiger partial charge in [0, 0.05) is 49.9 Å². The van der Waals surface area contributed by atoms with Gasteiger partial charge in [0.05, 0.1) is 12.2 Å². The van der Waals surface area contributed by atoms with Crippen molar-refractivity contribution in [3.05, 3.63) is 59.0 Å². The van der Waals surface area contributed by atoms with Crippen LogP contribution in [0.5, 0.6) is 0 Å². The van der Waals surface area contributed by atoms with E-state index in [1.165, 1.54) is 0 Å². The summed E-state index contributed by atoms with van der Waals surface area (Å²) in [6.45, 7) is 5.63. The molecule has 7 heteroatoms. The summed E-state index contributed by atoms with van der Waals surface area (Å²) in [7, 11) is 0. The minimum Gasteiger partial charge on any atom is -0.360 e. The number of piperazine rings is 1. The van der Waals surface area contributed by atoms with Crippen molar-refractivity contribution < 1.29 is 14.1 Å². The Balaban J connectivity index is 1.24. The van der Waals surface area contributed by atoms with E-state index >= 15 is 0 Å². The fraction of sp³-hybridized carbons (Fsp3) is 0.409. The average Bonchev–Trinajstić information content (AvgIpc) is 3.46. The molecule has 1 aromatic heterocycles. The Kier molecular flexibility index (Phi) is 5.76. The van der Waals surface area contributed by atoms with E-state index in [9.17, 15) is 9.59 Å². The Hall–Kier alpha value is -2.93. The molecule has 0 atom stereocenters. The van der Waals surface area contributed by atoms with E-state index in [1.807, 2.05) is 30.0 Å². The Morgan fingerprint density at radius 1 is 1.17 bits per heavy atom. The van der Waals surface area contributed by atoms with Gasteiger partial charge in [0.15, 0.2) is 5.76 Å². The van der Waals surface area contributed by atoms with E-state index in [4.69, 9.17) is 4.52 Å². The molecule has 2 amide bonds. The first-order valence-electron chi connectivity index (χ1n) is 10.1. The van der Waals surface area contributed by atoms with Crippen LogP contribution in [0.3, 0.4) is 0 Å². The fourth-order valence-electron chi connectivity index (χ4n) is 3.35. The quantitative estimate of drug-likeness (QED) is 0.760. The molecule has 152 valence electrons. The number of hydrogen-bond acceptors (Lipinski definition) is 5. The second-order valence-corrected chi connectivity index (χ2v) is 7.74. The smallest absolute Gasteiger partial charge is 0.251 e. The van der Waals surface area contributed by atoms with Gasteiger partial charge in [-0.25, -0.2) is 0 Å². The van der Waals surface area contributed by atoms with Gasteiger partial charge in [0.25, 0.3) is 5.91 Å². The zero-order chi connectivity index (χ0) is 20.2. The fourth-order valence-corrected chi connectivity index (χ4v) is 3.35. The zero-order valence-electron chi connectivity index (χ0n) is 16.6. The summed E-state index contributed by atoms with van der Waals surface area (Å²) in [6.07, 6.45) is 5.55. The Bertz CT molecular complexity index is 891. The van der Waals surface area contributed by atoms with Gasteiger partial charge in [0.2, 0.25) is 5.91 Å². The molecule has 1 aromatic carbocycles. The van der Waals surface area contributed by atoms with E-state index in [-0.39, 0.29) is 11.8 Å². The topological polar surface area (TPSA) is 78.7 Å². The molecule has 2 aromatic rings. The molecule has 2 heterocycles. The van der Waals surface area contributed by atoms with E-state index in [0.29, 0.717) is 24.7 Å². The molecule has 0 unspecified atom stereocenters. The molecule has 7 nitrogen and oxygen atoms in total. The maximum Gasteiger partial charge on any atom is 0.251 e. The number of aryl methyl sites for hydroxylation is 1. The summed E-state index contributed by atoms with van der Waals surface area (Å²) >= 11 is 0. The number of aromatic nitrogens is 1. The molecule has 29 heavy (non-hydrogen) atoms. The molecule has 1 N–H and O–H groups in total. The first kappa shape index (κ1) is 19.4. The lowest BCUT2D eigenvalue weighted by Gasteiger charge is -2.33. The molecular weight excluding hydrogens is 368 g/mol. The van der Waals surface area contributed by atoms with Crippen LogP contribution in [0, 0.1) is 6.92 Å². The van der Waals surface area contributed by atoms with E-state index in [1.54, 1.807) is 24.3 Å². The molecule has 1 aliphatic heterocycles. The number of carbonyl (C=O) groups is 2. The van der Waals surface area contributed by atoms with Crippen molar-refractivity contribution in [1.82, 2.24) is 20.3 Å². The molecule has 1 saturated carbocycles. The van der Waals surface area contributed by atoms with Gasteiger partial charge in [-0.2, -0.15) is 0 Å². The van der Waals surface area contributed by atoms with Gasteiger partial charge >= 0.3 is 0 Å². The summed E-state index contributed by atoms with van der Waals surface area (Å²) in [5.41, 5.74) is 2.44. The van der Waals surface area contributed by atoms with Gasteiger partial charge in [-0.05, 0) is 43.5 Å². The number of carbonyl (C=O) groups excluding carboxylic acids is 2. The van der Waals surface area contributed by atoms with Crippen LogP contribution in [0.4, 0.5) is 0 Å². The monoisotopic (exact) mass is 394 g/mol. The zero-order valence-corrected chi connectivity index (χ0v) is 16.6. The predicted octanol–water partition coefficient (Wildman–Crippen LogP) is 2.23. The number of benzene rings is 1. The Morgan fingerprint density at radius 2 is 1.90 bits per heavy atom. The second-order valence-electron chi connectivity index (χ2n) is 7.74. The standard InChI is InChI=1S/C22H26N4O3/c1-16-14-20(29-24-16)15-25-10-12-26(13-11-25)21(27)9-4-17-2-5-18(6-3-17)22(28)23-19-7-8-19/h2-6,9,14,19H,7-8,10-13,15H2,1H3,(H,23,28)/b9-4+. The van der Waals surface area contributed by atoms with Crippen LogP contribution in [0.15, 0.2) is 40.9 Å². The molecule has 2 fully saturated rings. The van der Waals surface area contributed by atoms with Crippen LogP contribution >= 0.6 is 0 Å². The summed E-state index contributed by atoms with van der Waals surface area (Å²) in [5.74, 6) is 0.838. The summed E-state index contributed by atoms with van der Waals surface area (Å²) in [4.78, 5) is 28.6. The molecule has 1 aliphatic carbocycles. The predicted molar refractivity (Wildman–Crippen MR) is 109 cm³/mol. The number of hydrogen-bond donors (Lipinski definition) is 1. The highest BCUT2D eigenvalue weighted by molar-refractivity contribution is 5.95. The molecule has 0 spiro atoms. The normalized spacial score (nSPS) is 17.6. The third kappa shape index (κ3) is 5.32. The number of nitrogens with zero attached hydrogens (tertiary/aromatic N) is 3. The molecular formula is C22H26N4O3. The second kappa shape index (κ2) is 8.61. The van der Waals surface area contributed by atoms with Crippen LogP contribution in [0.1, 0.15) is 40.2 Å². The van der Waals surface area contributed by atoms with Crippen molar-refractivity contribution in [3.8, 4) is 0 Å². The van der Waals surface area contributed by atoms with Crippen molar-refractivity contribution in [3.63, 3.8) is 0 Å². The van der Waals surface area contributed by atoms with Gasteiger partial charge < -0.3 is 14.7 Å². The van der Waals surface area contributed by atoms with Crippen molar-refractivity contribution >= 4 is 17.9 Å². The highest BCUT2D eigenvalue weighted by atomic mass is 16.5. The van der Waals surface area contributed by atoms with Crippen LogP contribution in [0.25, 0.3) is 6.08 Å². The third-order valence-electron chi connectivity index (χ3n) is 5.24. The van der Waals surface area contributed by atoms with Crippen LogP contribution in [-0.2, 0) is 11.3 Å².